The number of nitrogens with one attached hydrogen (secondary N) is 1. The molecule has 0 aliphatic heterocycles. The molecular formula is C11H12N2O4S2. The van der Waals surface area contributed by atoms with Gasteiger partial charge in [0, 0.05) is 30.9 Å². The number of rotatable bonds is 6. The molecule has 2 aromatic heterocycles. The van der Waals surface area contributed by atoms with Gasteiger partial charge in [-0.25, -0.2) is 17.9 Å². The number of carboxylic acids is 1. The highest BCUT2D eigenvalue weighted by atomic mass is 32.2. The van der Waals surface area contributed by atoms with Crippen LogP contribution in [0.4, 0.5) is 0 Å². The lowest BCUT2D eigenvalue weighted by Crippen LogP contribution is -2.26. The zero-order chi connectivity index (χ0) is 13.9. The van der Waals surface area contributed by atoms with Crippen LogP contribution in [-0.4, -0.2) is 30.6 Å². The molecule has 0 spiro atoms. The molecular weight excluding hydrogens is 288 g/mol. The van der Waals surface area contributed by atoms with Gasteiger partial charge in [0.2, 0.25) is 10.0 Å². The van der Waals surface area contributed by atoms with Crippen molar-refractivity contribution < 1.29 is 18.3 Å². The maximum absolute atomic E-state index is 11.9. The number of nitrogens with zero attached hydrogens (tertiary/aromatic N) is 1. The number of sulfonamides is 1. The number of carboxylic acid groups (broad SMARTS) is 1. The molecule has 0 amide bonds. The molecule has 19 heavy (non-hydrogen) atoms. The number of aromatic nitrogens is 1. The molecule has 0 atom stereocenters. The van der Waals surface area contributed by atoms with Gasteiger partial charge in [-0.2, -0.15) is 0 Å². The lowest BCUT2D eigenvalue weighted by atomic mass is 10.4. The minimum atomic E-state index is -3.63. The molecule has 8 heteroatoms. The SMILES string of the molecule is O=C(O)c1csc(S(=O)(=O)NCCn2cccc2)c1. The van der Waals surface area contributed by atoms with Crippen LogP contribution in [0.2, 0.25) is 0 Å². The van der Waals surface area contributed by atoms with E-state index in [1.807, 2.05) is 29.1 Å². The Morgan fingerprint density at radius 1 is 1.37 bits per heavy atom. The van der Waals surface area contributed by atoms with Crippen molar-refractivity contribution in [2.24, 2.45) is 0 Å². The molecule has 0 aliphatic carbocycles. The van der Waals surface area contributed by atoms with Gasteiger partial charge < -0.3 is 9.67 Å². The van der Waals surface area contributed by atoms with Crippen LogP contribution in [0.25, 0.3) is 0 Å². The fourth-order valence-electron chi connectivity index (χ4n) is 1.47. The summed E-state index contributed by atoms with van der Waals surface area (Å²) in [7, 11) is -3.63. The summed E-state index contributed by atoms with van der Waals surface area (Å²) in [5.41, 5.74) is -0.0178. The van der Waals surface area contributed by atoms with Crippen LogP contribution in [0.15, 0.2) is 40.2 Å². The molecule has 6 nitrogen and oxygen atoms in total. The van der Waals surface area contributed by atoms with E-state index in [1.165, 1.54) is 5.38 Å². The Kier molecular flexibility index (Phi) is 4.03. The van der Waals surface area contributed by atoms with Crippen molar-refractivity contribution in [3.05, 3.63) is 41.5 Å². The number of carbonyl (C=O) groups is 1. The fourth-order valence-corrected chi connectivity index (χ4v) is 3.69. The molecule has 2 rings (SSSR count). The second-order valence-corrected chi connectivity index (χ2v) is 6.68. The van der Waals surface area contributed by atoms with Gasteiger partial charge >= 0.3 is 5.97 Å². The van der Waals surface area contributed by atoms with Crippen molar-refractivity contribution in [3.8, 4) is 0 Å². The number of thiophene rings is 1. The van der Waals surface area contributed by atoms with Crippen LogP contribution in [0, 0.1) is 0 Å². The van der Waals surface area contributed by atoms with E-state index < -0.39 is 16.0 Å². The third-order valence-corrected chi connectivity index (χ3v) is 5.32. The summed E-state index contributed by atoms with van der Waals surface area (Å²) in [6.07, 6.45) is 3.67. The standard InChI is InChI=1S/C11H12N2O4S2/c14-11(15)9-7-10(18-8-9)19(16,17)12-3-6-13-4-1-2-5-13/h1-2,4-5,7-8,12H,3,6H2,(H,14,15). The van der Waals surface area contributed by atoms with Crippen molar-refractivity contribution in [1.29, 1.82) is 0 Å². The van der Waals surface area contributed by atoms with Crippen molar-refractivity contribution >= 4 is 27.3 Å². The molecule has 2 heterocycles. The van der Waals surface area contributed by atoms with Gasteiger partial charge in [-0.3, -0.25) is 0 Å². The number of aromatic carboxylic acids is 1. The number of hydrogen-bond acceptors (Lipinski definition) is 4. The zero-order valence-electron chi connectivity index (χ0n) is 9.81. The predicted molar refractivity (Wildman–Crippen MR) is 70.9 cm³/mol. The first-order chi connectivity index (χ1) is 8.99. The topological polar surface area (TPSA) is 88.4 Å². The van der Waals surface area contributed by atoms with Crippen LogP contribution in [0.5, 0.6) is 0 Å². The molecule has 0 saturated carbocycles. The van der Waals surface area contributed by atoms with Gasteiger partial charge in [-0.15, -0.1) is 11.3 Å². The minimum Gasteiger partial charge on any atom is -0.478 e. The molecule has 0 radical (unpaired) electrons. The maximum Gasteiger partial charge on any atom is 0.336 e. The quantitative estimate of drug-likeness (QED) is 0.839. The van der Waals surface area contributed by atoms with Crippen LogP contribution in [0.3, 0.4) is 0 Å². The highest BCUT2D eigenvalue weighted by Gasteiger charge is 2.18. The molecule has 0 fully saturated rings. The predicted octanol–water partition coefficient (Wildman–Crippen LogP) is 1.23. The largest absolute Gasteiger partial charge is 0.478 e. The smallest absolute Gasteiger partial charge is 0.336 e. The van der Waals surface area contributed by atoms with E-state index in [0.717, 1.165) is 17.4 Å². The van der Waals surface area contributed by atoms with Gasteiger partial charge in [0.05, 0.1) is 5.56 Å². The van der Waals surface area contributed by atoms with Gasteiger partial charge in [0.25, 0.3) is 0 Å². The third-order valence-electron chi connectivity index (χ3n) is 2.42. The number of hydrogen-bond donors (Lipinski definition) is 2. The Morgan fingerprint density at radius 3 is 2.63 bits per heavy atom. The summed E-state index contributed by atoms with van der Waals surface area (Å²) in [4.78, 5) is 10.7. The molecule has 0 aromatic carbocycles. The van der Waals surface area contributed by atoms with Crippen molar-refractivity contribution in [2.75, 3.05) is 6.54 Å². The van der Waals surface area contributed by atoms with E-state index in [4.69, 9.17) is 5.11 Å². The Balaban J connectivity index is 1.99. The molecule has 2 aromatic rings. The molecule has 0 bridgehead atoms. The molecule has 2 N–H and O–H groups in total. The van der Waals surface area contributed by atoms with Crippen LogP contribution < -0.4 is 4.72 Å². The molecule has 0 aliphatic rings. The monoisotopic (exact) mass is 300 g/mol. The molecule has 0 unspecified atom stereocenters. The second-order valence-electron chi connectivity index (χ2n) is 3.78. The first-order valence-electron chi connectivity index (χ1n) is 5.41. The maximum atomic E-state index is 11.9. The minimum absolute atomic E-state index is 0.0115. The summed E-state index contributed by atoms with van der Waals surface area (Å²) in [6, 6.07) is 4.87. The van der Waals surface area contributed by atoms with Crippen molar-refractivity contribution in [1.82, 2.24) is 9.29 Å². The van der Waals surface area contributed by atoms with Crippen LogP contribution in [-0.2, 0) is 16.6 Å². The average Bonchev–Trinajstić information content (AvgIpc) is 2.99. The first kappa shape index (κ1) is 13.8. The highest BCUT2D eigenvalue weighted by molar-refractivity contribution is 7.91. The Labute approximate surface area is 114 Å². The molecule has 0 saturated heterocycles. The van der Waals surface area contributed by atoms with Gasteiger partial charge in [-0.1, -0.05) is 0 Å². The summed E-state index contributed by atoms with van der Waals surface area (Å²) < 4.78 is 28.1. The second kappa shape index (κ2) is 5.55. The zero-order valence-corrected chi connectivity index (χ0v) is 11.4. The van der Waals surface area contributed by atoms with E-state index in [1.54, 1.807) is 0 Å². The van der Waals surface area contributed by atoms with Gasteiger partial charge in [0.1, 0.15) is 4.21 Å². The first-order valence-corrected chi connectivity index (χ1v) is 7.77. The van der Waals surface area contributed by atoms with Gasteiger partial charge in [-0.05, 0) is 18.2 Å². The van der Waals surface area contributed by atoms with Crippen LogP contribution in [0.1, 0.15) is 10.4 Å². The third kappa shape index (κ3) is 3.43. The van der Waals surface area contributed by atoms with Crippen molar-refractivity contribution in [3.63, 3.8) is 0 Å². The van der Waals surface area contributed by atoms with Crippen molar-refractivity contribution in [2.45, 2.75) is 10.8 Å². The Bertz CT molecular complexity index is 659. The Hall–Kier alpha value is -1.64. The lowest BCUT2D eigenvalue weighted by Gasteiger charge is -2.05. The van der Waals surface area contributed by atoms with Crippen LogP contribution >= 0.6 is 11.3 Å². The molecule has 102 valence electrons. The fraction of sp³-hybridized carbons (Fsp3) is 0.182. The van der Waals surface area contributed by atoms with Gasteiger partial charge in [0.15, 0.2) is 0 Å². The summed E-state index contributed by atoms with van der Waals surface area (Å²) >= 11 is 0.895. The average molecular weight is 300 g/mol. The van der Waals surface area contributed by atoms with E-state index in [0.29, 0.717) is 6.54 Å². The lowest BCUT2D eigenvalue weighted by molar-refractivity contribution is 0.0697. The highest BCUT2D eigenvalue weighted by Crippen LogP contribution is 2.19. The summed E-state index contributed by atoms with van der Waals surface area (Å²) in [5, 5.41) is 10.1. The normalized spacial score (nSPS) is 11.6. The van der Waals surface area contributed by atoms with E-state index in [-0.39, 0.29) is 16.3 Å². The van der Waals surface area contributed by atoms with E-state index in [9.17, 15) is 13.2 Å². The summed E-state index contributed by atoms with van der Waals surface area (Å²) in [5.74, 6) is -1.13. The Morgan fingerprint density at radius 2 is 2.05 bits per heavy atom. The van der Waals surface area contributed by atoms with E-state index >= 15 is 0 Å². The van der Waals surface area contributed by atoms with E-state index in [2.05, 4.69) is 4.72 Å². The summed E-state index contributed by atoms with van der Waals surface area (Å²) in [6.45, 7) is 0.765.